The minimum absolute atomic E-state index is 0.00695. The third-order valence-corrected chi connectivity index (χ3v) is 7.24. The van der Waals surface area contributed by atoms with E-state index in [4.69, 9.17) is 4.74 Å². The zero-order chi connectivity index (χ0) is 18.0. The van der Waals surface area contributed by atoms with Crippen molar-refractivity contribution in [3.05, 3.63) is 77.5 Å². The summed E-state index contributed by atoms with van der Waals surface area (Å²) in [5.41, 5.74) is 5.12. The van der Waals surface area contributed by atoms with Crippen molar-refractivity contribution < 1.29 is 9.53 Å². The van der Waals surface area contributed by atoms with E-state index in [0.717, 1.165) is 17.4 Å². The average molecular weight is 357 g/mol. The van der Waals surface area contributed by atoms with Crippen LogP contribution >= 0.6 is 0 Å². The number of allylic oxidation sites excluding steroid dienone is 2. The van der Waals surface area contributed by atoms with Gasteiger partial charge in [0.1, 0.15) is 6.61 Å². The van der Waals surface area contributed by atoms with Gasteiger partial charge < -0.3 is 4.74 Å². The summed E-state index contributed by atoms with van der Waals surface area (Å²) in [6.07, 6.45) is 3.82. The van der Waals surface area contributed by atoms with Crippen LogP contribution in [-0.4, -0.2) is 17.6 Å². The van der Waals surface area contributed by atoms with Gasteiger partial charge in [0.05, 0.1) is 6.04 Å². The van der Waals surface area contributed by atoms with Crippen molar-refractivity contribution >= 4 is 11.7 Å². The van der Waals surface area contributed by atoms with E-state index in [2.05, 4.69) is 42.5 Å². The Hall–Kier alpha value is -2.55. The van der Waals surface area contributed by atoms with E-state index >= 15 is 0 Å². The third kappa shape index (κ3) is 2.11. The molecule has 2 aromatic rings. The maximum atomic E-state index is 12.8. The molecule has 2 saturated carbocycles. The number of amides is 1. The van der Waals surface area contributed by atoms with Gasteiger partial charge in [-0.15, -0.1) is 0 Å². The Bertz CT molecular complexity index is 920. The number of ether oxygens (including phenoxy) is 1. The van der Waals surface area contributed by atoms with Gasteiger partial charge in [-0.05, 0) is 53.7 Å². The lowest BCUT2D eigenvalue weighted by Crippen LogP contribution is -2.44. The van der Waals surface area contributed by atoms with Crippen LogP contribution in [0, 0.1) is 23.7 Å². The molecule has 5 atom stereocenters. The average Bonchev–Trinajstić information content (AvgIpc) is 3.38. The standard InChI is InChI=1S/C24H23NO2/c26-24-25(19(14-27-24)15-7-3-1-4-8-15)23-21(16-9-5-2-6-10-16)20-17-11-12-18(13-17)22(20)23/h1-10,17-20,22H,11-14H2/t17-,18+,19-,20-,22-/m1/s1. The van der Waals surface area contributed by atoms with Crippen molar-refractivity contribution in [2.45, 2.75) is 25.3 Å². The molecule has 1 aliphatic heterocycles. The van der Waals surface area contributed by atoms with Crippen LogP contribution in [0.5, 0.6) is 0 Å². The zero-order valence-electron chi connectivity index (χ0n) is 15.3. The first-order valence-electron chi connectivity index (χ1n) is 10.1. The molecule has 0 unspecified atom stereocenters. The number of rotatable bonds is 3. The van der Waals surface area contributed by atoms with Gasteiger partial charge in [-0.3, -0.25) is 4.90 Å². The zero-order valence-corrected chi connectivity index (χ0v) is 15.3. The van der Waals surface area contributed by atoms with Gasteiger partial charge in [0.2, 0.25) is 0 Å². The van der Waals surface area contributed by atoms with Crippen molar-refractivity contribution in [2.75, 3.05) is 6.61 Å². The predicted octanol–water partition coefficient (Wildman–Crippen LogP) is 5.27. The second kappa shape index (κ2) is 5.72. The summed E-state index contributed by atoms with van der Waals surface area (Å²) < 4.78 is 5.55. The molecular weight excluding hydrogens is 334 g/mol. The minimum atomic E-state index is -0.173. The van der Waals surface area contributed by atoms with Crippen molar-refractivity contribution in [3.63, 3.8) is 0 Å². The van der Waals surface area contributed by atoms with Gasteiger partial charge in [0.25, 0.3) is 0 Å². The highest BCUT2D eigenvalue weighted by Gasteiger charge is 2.60. The lowest BCUT2D eigenvalue weighted by molar-refractivity contribution is 0.151. The molecule has 1 amide bonds. The first-order chi connectivity index (χ1) is 13.3. The van der Waals surface area contributed by atoms with Crippen LogP contribution in [0.2, 0.25) is 0 Å². The Morgan fingerprint density at radius 1 is 0.852 bits per heavy atom. The Morgan fingerprint density at radius 2 is 1.52 bits per heavy atom. The fourth-order valence-electron chi connectivity index (χ4n) is 6.21. The van der Waals surface area contributed by atoms with Crippen LogP contribution < -0.4 is 0 Å². The van der Waals surface area contributed by atoms with E-state index in [-0.39, 0.29) is 12.1 Å². The number of hydrogen-bond acceptors (Lipinski definition) is 2. The van der Waals surface area contributed by atoms with Gasteiger partial charge >= 0.3 is 6.09 Å². The fraction of sp³-hybridized carbons (Fsp3) is 0.375. The Labute approximate surface area is 159 Å². The maximum Gasteiger partial charge on any atom is 0.414 e. The van der Waals surface area contributed by atoms with E-state index in [1.165, 1.54) is 36.1 Å². The molecule has 0 aromatic heterocycles. The van der Waals surface area contributed by atoms with Gasteiger partial charge in [-0.2, -0.15) is 0 Å². The summed E-state index contributed by atoms with van der Waals surface area (Å²) in [4.78, 5) is 14.8. The van der Waals surface area contributed by atoms with Gasteiger partial charge in [0, 0.05) is 11.6 Å². The van der Waals surface area contributed by atoms with E-state index in [1.807, 2.05) is 23.1 Å². The SMILES string of the molecule is O=C1OC[C@H](c2ccccc2)N1C1=C(c2ccccc2)[C@H]2[C@@H]3CC[C@@H](C3)[C@@H]12. The van der Waals surface area contributed by atoms with Crippen molar-refractivity contribution in [1.29, 1.82) is 0 Å². The summed E-state index contributed by atoms with van der Waals surface area (Å²) in [6.45, 7) is 0.444. The summed E-state index contributed by atoms with van der Waals surface area (Å²) in [6, 6.07) is 21.0. The summed E-state index contributed by atoms with van der Waals surface area (Å²) in [5.74, 6) is 2.71. The predicted molar refractivity (Wildman–Crippen MR) is 104 cm³/mol. The summed E-state index contributed by atoms with van der Waals surface area (Å²) in [5, 5.41) is 0. The molecule has 27 heavy (non-hydrogen) atoms. The van der Waals surface area contributed by atoms with Crippen LogP contribution in [-0.2, 0) is 4.74 Å². The number of benzene rings is 2. The summed E-state index contributed by atoms with van der Waals surface area (Å²) in [7, 11) is 0. The minimum Gasteiger partial charge on any atom is -0.447 e. The molecule has 3 nitrogen and oxygen atoms in total. The Kier molecular flexibility index (Phi) is 3.29. The number of hydrogen-bond donors (Lipinski definition) is 0. The fourth-order valence-corrected chi connectivity index (χ4v) is 6.21. The molecule has 0 N–H and O–H groups in total. The van der Waals surface area contributed by atoms with E-state index < -0.39 is 0 Å². The smallest absolute Gasteiger partial charge is 0.414 e. The quantitative estimate of drug-likeness (QED) is 0.749. The molecule has 4 aliphatic rings. The van der Waals surface area contributed by atoms with Gasteiger partial charge in [-0.25, -0.2) is 4.79 Å². The van der Waals surface area contributed by atoms with Crippen molar-refractivity contribution in [2.24, 2.45) is 23.7 Å². The molecule has 1 saturated heterocycles. The Morgan fingerprint density at radius 3 is 2.26 bits per heavy atom. The van der Waals surface area contributed by atoms with Gasteiger partial charge in [0.15, 0.2) is 0 Å². The molecule has 0 radical (unpaired) electrons. The highest BCUT2D eigenvalue weighted by atomic mass is 16.6. The molecule has 6 rings (SSSR count). The van der Waals surface area contributed by atoms with Crippen LogP contribution in [0.15, 0.2) is 66.4 Å². The highest BCUT2D eigenvalue weighted by Crippen LogP contribution is 2.67. The topological polar surface area (TPSA) is 29.5 Å². The Balaban J connectivity index is 1.49. The van der Waals surface area contributed by atoms with Crippen LogP contribution in [0.3, 0.4) is 0 Å². The number of cyclic esters (lactones) is 1. The van der Waals surface area contributed by atoms with Gasteiger partial charge in [-0.1, -0.05) is 60.7 Å². The van der Waals surface area contributed by atoms with E-state index in [9.17, 15) is 4.79 Å². The first-order valence-corrected chi connectivity index (χ1v) is 10.1. The summed E-state index contributed by atoms with van der Waals surface area (Å²) >= 11 is 0. The molecule has 3 aliphatic carbocycles. The normalized spacial score (nSPS) is 33.9. The molecule has 0 spiro atoms. The molecule has 3 fully saturated rings. The lowest BCUT2D eigenvalue weighted by Gasteiger charge is -2.48. The van der Waals surface area contributed by atoms with Crippen LogP contribution in [0.1, 0.15) is 36.4 Å². The monoisotopic (exact) mass is 357 g/mol. The van der Waals surface area contributed by atoms with Crippen molar-refractivity contribution in [3.8, 4) is 0 Å². The van der Waals surface area contributed by atoms with Crippen LogP contribution in [0.4, 0.5) is 4.79 Å². The number of nitrogens with zero attached hydrogens (tertiary/aromatic N) is 1. The molecule has 3 heteroatoms. The van der Waals surface area contributed by atoms with Crippen LogP contribution in [0.25, 0.3) is 5.57 Å². The van der Waals surface area contributed by atoms with E-state index in [1.54, 1.807) is 0 Å². The molecule has 2 bridgehead atoms. The second-order valence-electron chi connectivity index (χ2n) is 8.42. The third-order valence-electron chi connectivity index (χ3n) is 7.24. The molecule has 136 valence electrons. The maximum absolute atomic E-state index is 12.8. The molecule has 2 aromatic carbocycles. The lowest BCUT2D eigenvalue weighted by atomic mass is 9.61. The molecule has 1 heterocycles. The number of carbonyl (C=O) groups excluding carboxylic acids is 1. The number of carbonyl (C=O) groups is 1. The largest absolute Gasteiger partial charge is 0.447 e. The van der Waals surface area contributed by atoms with Crippen molar-refractivity contribution in [1.82, 2.24) is 4.90 Å². The molecular formula is C24H23NO2. The van der Waals surface area contributed by atoms with E-state index in [0.29, 0.717) is 18.4 Å². The second-order valence-corrected chi connectivity index (χ2v) is 8.42. The first kappa shape index (κ1) is 15.5. The number of fused-ring (bicyclic) bond motifs is 5. The highest BCUT2D eigenvalue weighted by molar-refractivity contribution is 5.84.